The molecule has 1 aromatic heterocycles. The number of allylic oxidation sites excluding steroid dienone is 1. The summed E-state index contributed by atoms with van der Waals surface area (Å²) in [7, 11) is 6.03. The quantitative estimate of drug-likeness (QED) is 0.403. The minimum Gasteiger partial charge on any atom is -0.378 e. The highest BCUT2D eigenvalue weighted by Crippen LogP contribution is 2.23. The van der Waals surface area contributed by atoms with Crippen molar-refractivity contribution >= 4 is 17.3 Å². The van der Waals surface area contributed by atoms with E-state index in [0.29, 0.717) is 5.57 Å². The highest BCUT2D eigenvalue weighted by molar-refractivity contribution is 5.90. The molecule has 0 fully saturated rings. The van der Waals surface area contributed by atoms with Gasteiger partial charge in [-0.15, -0.1) is 0 Å². The maximum Gasteiger partial charge on any atom is 0.169 e. The van der Waals surface area contributed by atoms with Gasteiger partial charge in [-0.3, -0.25) is 0 Å². The summed E-state index contributed by atoms with van der Waals surface area (Å²) in [6, 6.07) is 22.8. The minimum atomic E-state index is 0.661. The number of nitriles is 1. The van der Waals surface area contributed by atoms with Crippen molar-refractivity contribution in [3.8, 4) is 17.2 Å². The van der Waals surface area contributed by atoms with E-state index in [0.717, 1.165) is 27.9 Å². The second-order valence-electron chi connectivity index (χ2n) is 6.49. The predicted molar refractivity (Wildman–Crippen MR) is 107 cm³/mol. The molecule has 3 heteroatoms. The molecule has 0 saturated carbocycles. The number of aryl methyl sites for hydroxylation is 1. The van der Waals surface area contributed by atoms with E-state index in [1.807, 2.05) is 68.4 Å². The molecule has 0 bridgehead atoms. The Labute approximate surface area is 155 Å². The van der Waals surface area contributed by atoms with Crippen molar-refractivity contribution in [2.24, 2.45) is 7.05 Å². The van der Waals surface area contributed by atoms with Crippen LogP contribution in [0.1, 0.15) is 11.1 Å². The van der Waals surface area contributed by atoms with Crippen LogP contribution in [0.5, 0.6) is 0 Å². The molecule has 0 aliphatic heterocycles. The minimum absolute atomic E-state index is 0.661. The van der Waals surface area contributed by atoms with Crippen LogP contribution >= 0.6 is 0 Å². The van der Waals surface area contributed by atoms with Crippen LogP contribution in [0.25, 0.3) is 22.8 Å². The first-order valence-electron chi connectivity index (χ1n) is 8.52. The summed E-state index contributed by atoms with van der Waals surface area (Å²) < 4.78 is 2.01. The molecule has 0 aliphatic rings. The highest BCUT2D eigenvalue weighted by Gasteiger charge is 2.04. The van der Waals surface area contributed by atoms with Crippen LogP contribution in [0.2, 0.25) is 0 Å². The van der Waals surface area contributed by atoms with Gasteiger partial charge < -0.3 is 4.90 Å². The fourth-order valence-electron chi connectivity index (χ4n) is 2.75. The number of rotatable bonds is 4. The molecule has 0 amide bonds. The first-order chi connectivity index (χ1) is 12.6. The van der Waals surface area contributed by atoms with E-state index >= 15 is 0 Å². The molecule has 0 aliphatic carbocycles. The molecular formula is C23H22N3+. The van der Waals surface area contributed by atoms with Crippen LogP contribution in [0.3, 0.4) is 0 Å². The van der Waals surface area contributed by atoms with Gasteiger partial charge in [0.2, 0.25) is 0 Å². The van der Waals surface area contributed by atoms with Crippen LogP contribution in [0.4, 0.5) is 5.69 Å². The van der Waals surface area contributed by atoms with E-state index in [-0.39, 0.29) is 0 Å². The first kappa shape index (κ1) is 17.4. The number of pyridine rings is 1. The van der Waals surface area contributed by atoms with Crippen molar-refractivity contribution in [1.29, 1.82) is 5.26 Å². The Morgan fingerprint density at radius 2 is 1.46 bits per heavy atom. The molecule has 0 saturated heterocycles. The molecule has 0 radical (unpaired) electrons. The number of nitrogens with zero attached hydrogens (tertiary/aromatic N) is 3. The molecular weight excluding hydrogens is 318 g/mol. The lowest BCUT2D eigenvalue weighted by atomic mass is 10.00. The van der Waals surface area contributed by atoms with Gasteiger partial charge in [0, 0.05) is 31.9 Å². The number of anilines is 1. The predicted octanol–water partition coefficient (Wildman–Crippen LogP) is 4.31. The lowest BCUT2D eigenvalue weighted by Gasteiger charge is -2.12. The van der Waals surface area contributed by atoms with Crippen molar-refractivity contribution in [3.05, 3.63) is 84.2 Å². The lowest BCUT2D eigenvalue weighted by molar-refractivity contribution is -0.671. The normalized spacial score (nSPS) is 11.1. The van der Waals surface area contributed by atoms with E-state index in [1.165, 1.54) is 0 Å². The van der Waals surface area contributed by atoms with Gasteiger partial charge in [0.25, 0.3) is 0 Å². The Kier molecular flexibility index (Phi) is 5.15. The van der Waals surface area contributed by atoms with Crippen molar-refractivity contribution < 1.29 is 4.57 Å². The first-order valence-corrected chi connectivity index (χ1v) is 8.52. The van der Waals surface area contributed by atoms with Crippen molar-refractivity contribution in [2.75, 3.05) is 19.0 Å². The van der Waals surface area contributed by atoms with Gasteiger partial charge >= 0.3 is 0 Å². The molecule has 128 valence electrons. The fraction of sp³-hybridized carbons (Fsp3) is 0.130. The van der Waals surface area contributed by atoms with Crippen molar-refractivity contribution in [3.63, 3.8) is 0 Å². The lowest BCUT2D eigenvalue weighted by Crippen LogP contribution is -2.25. The molecule has 3 nitrogen and oxygen atoms in total. The van der Waals surface area contributed by atoms with Crippen LogP contribution < -0.4 is 9.47 Å². The second kappa shape index (κ2) is 7.67. The van der Waals surface area contributed by atoms with Gasteiger partial charge in [-0.2, -0.15) is 5.26 Å². The number of benzene rings is 2. The Hall–Kier alpha value is -3.38. The summed E-state index contributed by atoms with van der Waals surface area (Å²) in [5, 5.41) is 9.57. The molecule has 2 aromatic carbocycles. The number of hydrogen-bond donors (Lipinski definition) is 0. The van der Waals surface area contributed by atoms with Gasteiger partial charge in [0.15, 0.2) is 12.4 Å². The van der Waals surface area contributed by atoms with Gasteiger partial charge in [-0.05, 0) is 40.5 Å². The zero-order valence-electron chi connectivity index (χ0n) is 15.3. The van der Waals surface area contributed by atoms with E-state index in [9.17, 15) is 5.26 Å². The second-order valence-corrected chi connectivity index (χ2v) is 6.49. The van der Waals surface area contributed by atoms with Crippen LogP contribution in [0.15, 0.2) is 73.1 Å². The monoisotopic (exact) mass is 340 g/mol. The summed E-state index contributed by atoms with van der Waals surface area (Å²) >= 11 is 0. The Morgan fingerprint density at radius 1 is 0.885 bits per heavy atom. The highest BCUT2D eigenvalue weighted by atomic mass is 15.1. The average molecular weight is 340 g/mol. The van der Waals surface area contributed by atoms with Gasteiger partial charge in [0.1, 0.15) is 7.05 Å². The maximum absolute atomic E-state index is 9.57. The standard InChI is InChI=1S/C23H22N3/c1-25(2)23-10-4-18(5-11-23)16-22(17-24)20-8-6-19(7-9-20)21-12-14-26(3)15-13-21/h4-16H,1-3H3/q+1. The maximum atomic E-state index is 9.57. The Balaban J connectivity index is 1.86. The molecule has 1 heterocycles. The summed E-state index contributed by atoms with van der Waals surface area (Å²) in [6.07, 6.45) is 5.99. The molecule has 3 aromatic rings. The fourth-order valence-corrected chi connectivity index (χ4v) is 2.75. The SMILES string of the molecule is CN(C)c1ccc(/C=C(\C#N)c2ccc(-c3cc[n+](C)cc3)cc2)cc1. The van der Waals surface area contributed by atoms with Crippen molar-refractivity contribution in [1.82, 2.24) is 0 Å². The average Bonchev–Trinajstić information content (AvgIpc) is 2.67. The van der Waals surface area contributed by atoms with Crippen molar-refractivity contribution in [2.45, 2.75) is 0 Å². The molecule has 26 heavy (non-hydrogen) atoms. The van der Waals surface area contributed by atoms with E-state index in [4.69, 9.17) is 0 Å². The van der Waals surface area contributed by atoms with Crippen LogP contribution in [-0.4, -0.2) is 14.1 Å². The third kappa shape index (κ3) is 3.99. The van der Waals surface area contributed by atoms with Gasteiger partial charge in [-0.25, -0.2) is 4.57 Å². The topological polar surface area (TPSA) is 30.9 Å². The van der Waals surface area contributed by atoms with Gasteiger partial charge in [0.05, 0.1) is 11.6 Å². The Bertz CT molecular complexity index is 942. The summed E-state index contributed by atoms with van der Waals surface area (Å²) in [6.45, 7) is 0. The van der Waals surface area contributed by atoms with E-state index in [2.05, 4.69) is 47.4 Å². The van der Waals surface area contributed by atoms with Gasteiger partial charge in [-0.1, -0.05) is 36.4 Å². The summed E-state index contributed by atoms with van der Waals surface area (Å²) in [5.74, 6) is 0. The summed E-state index contributed by atoms with van der Waals surface area (Å²) in [4.78, 5) is 2.06. The molecule has 0 N–H and O–H groups in total. The molecule has 3 rings (SSSR count). The zero-order valence-corrected chi connectivity index (χ0v) is 15.3. The number of hydrogen-bond acceptors (Lipinski definition) is 2. The smallest absolute Gasteiger partial charge is 0.169 e. The number of aromatic nitrogens is 1. The van der Waals surface area contributed by atoms with Crippen LogP contribution in [-0.2, 0) is 7.05 Å². The molecule has 0 unspecified atom stereocenters. The molecule has 0 spiro atoms. The van der Waals surface area contributed by atoms with E-state index in [1.54, 1.807) is 0 Å². The largest absolute Gasteiger partial charge is 0.378 e. The molecule has 0 atom stereocenters. The Morgan fingerprint density at radius 3 is 2.00 bits per heavy atom. The van der Waals surface area contributed by atoms with Crippen LogP contribution in [0, 0.1) is 11.3 Å². The third-order valence-electron chi connectivity index (χ3n) is 4.35. The summed E-state index contributed by atoms with van der Waals surface area (Å²) in [5.41, 5.74) is 6.05. The van der Waals surface area contributed by atoms with E-state index < -0.39 is 0 Å². The third-order valence-corrected chi connectivity index (χ3v) is 4.35. The zero-order chi connectivity index (χ0) is 18.5.